The van der Waals surface area contributed by atoms with Gasteiger partial charge in [0.05, 0.1) is 12.8 Å². The van der Waals surface area contributed by atoms with E-state index in [0.717, 1.165) is 16.5 Å². The van der Waals surface area contributed by atoms with Crippen molar-refractivity contribution in [2.45, 2.75) is 0 Å². The monoisotopic (exact) mass is 678 g/mol. The van der Waals surface area contributed by atoms with Gasteiger partial charge in [-0.25, -0.2) is 9.69 Å². The fourth-order valence-electron chi connectivity index (χ4n) is 2.59. The molecule has 29 heavy (non-hydrogen) atoms. The maximum Gasteiger partial charge on any atom is 0.335 e. The van der Waals surface area contributed by atoms with Crippen LogP contribution in [-0.2, 0) is 9.59 Å². The minimum Gasteiger partial charge on any atom is -0.487 e. The van der Waals surface area contributed by atoms with Crippen LogP contribution in [0, 0.1) is 7.14 Å². The third kappa shape index (κ3) is 4.89. The Morgan fingerprint density at radius 3 is 2.31 bits per heavy atom. The minimum absolute atomic E-state index is 0.126. The van der Waals surface area contributed by atoms with Gasteiger partial charge >= 0.3 is 6.03 Å². The van der Waals surface area contributed by atoms with E-state index < -0.39 is 17.8 Å². The topological polar surface area (TPSA) is 75.7 Å². The SMILES string of the molecule is C=CCOc1c(I)cc(/C=C2/C(=O)NC(=O)N(c3ccc(Br)cc3)C2=O)cc1I. The molecule has 0 atom stereocenters. The number of urea groups is 1. The van der Waals surface area contributed by atoms with Gasteiger partial charge in [0.2, 0.25) is 0 Å². The highest BCUT2D eigenvalue weighted by molar-refractivity contribution is 14.1. The number of nitrogens with one attached hydrogen (secondary N) is 1. The number of hydrogen-bond acceptors (Lipinski definition) is 4. The van der Waals surface area contributed by atoms with Gasteiger partial charge in [0, 0.05) is 4.47 Å². The van der Waals surface area contributed by atoms with Crippen molar-refractivity contribution in [3.05, 3.63) is 71.8 Å². The van der Waals surface area contributed by atoms with Crippen LogP contribution >= 0.6 is 61.1 Å². The molecule has 2 aromatic rings. The summed E-state index contributed by atoms with van der Waals surface area (Å²) in [6.07, 6.45) is 3.12. The summed E-state index contributed by atoms with van der Waals surface area (Å²) in [5.41, 5.74) is 0.888. The number of amides is 4. The highest BCUT2D eigenvalue weighted by Gasteiger charge is 2.36. The van der Waals surface area contributed by atoms with E-state index >= 15 is 0 Å². The number of hydrogen-bond donors (Lipinski definition) is 1. The Labute approximate surface area is 202 Å². The van der Waals surface area contributed by atoms with Crippen LogP contribution < -0.4 is 15.0 Å². The molecular formula is C20H13BrI2N2O4. The van der Waals surface area contributed by atoms with Crippen LogP contribution in [0.15, 0.2) is 59.1 Å². The van der Waals surface area contributed by atoms with Gasteiger partial charge < -0.3 is 4.74 Å². The summed E-state index contributed by atoms with van der Waals surface area (Å²) in [4.78, 5) is 38.5. The predicted octanol–water partition coefficient (Wildman–Crippen LogP) is 4.89. The Kier molecular flexibility index (Phi) is 7.11. The van der Waals surface area contributed by atoms with E-state index in [1.807, 2.05) is 0 Å². The van der Waals surface area contributed by atoms with Crippen molar-refractivity contribution in [2.75, 3.05) is 11.5 Å². The van der Waals surface area contributed by atoms with Crippen molar-refractivity contribution >= 4 is 90.7 Å². The number of anilines is 1. The maximum atomic E-state index is 12.9. The first kappa shape index (κ1) is 22.0. The van der Waals surface area contributed by atoms with Crippen molar-refractivity contribution < 1.29 is 19.1 Å². The normalized spacial score (nSPS) is 15.5. The molecule has 1 aliphatic heterocycles. The summed E-state index contributed by atoms with van der Waals surface area (Å²) in [6, 6.07) is 9.48. The third-order valence-corrected chi connectivity index (χ3v) is 5.99. The van der Waals surface area contributed by atoms with E-state index in [0.29, 0.717) is 23.6 Å². The molecule has 0 spiro atoms. The van der Waals surface area contributed by atoms with Gasteiger partial charge in [0.25, 0.3) is 11.8 Å². The van der Waals surface area contributed by atoms with E-state index in [1.165, 1.54) is 6.08 Å². The smallest absolute Gasteiger partial charge is 0.335 e. The Morgan fingerprint density at radius 2 is 1.72 bits per heavy atom. The quantitative estimate of drug-likeness (QED) is 0.212. The van der Waals surface area contributed by atoms with Crippen LogP contribution in [0.1, 0.15) is 5.56 Å². The fourth-order valence-corrected chi connectivity index (χ4v) is 4.98. The van der Waals surface area contributed by atoms with Gasteiger partial charge in [0.15, 0.2) is 0 Å². The molecule has 1 fully saturated rings. The third-order valence-electron chi connectivity index (χ3n) is 3.86. The molecule has 0 aliphatic carbocycles. The first-order valence-corrected chi connectivity index (χ1v) is 11.2. The highest BCUT2D eigenvalue weighted by atomic mass is 127. The Balaban J connectivity index is 1.98. The molecule has 3 rings (SSSR count). The summed E-state index contributed by atoms with van der Waals surface area (Å²) < 4.78 is 8.11. The van der Waals surface area contributed by atoms with Crippen LogP contribution in [-0.4, -0.2) is 24.5 Å². The molecule has 0 bridgehead atoms. The number of barbiturate groups is 1. The van der Waals surface area contributed by atoms with E-state index in [-0.39, 0.29) is 5.57 Å². The first-order chi connectivity index (χ1) is 13.8. The maximum absolute atomic E-state index is 12.9. The zero-order valence-electron chi connectivity index (χ0n) is 14.7. The number of imide groups is 2. The minimum atomic E-state index is -0.781. The number of nitrogens with zero attached hydrogens (tertiary/aromatic N) is 1. The standard InChI is InChI=1S/C20H13BrI2N2O4/c1-2-7-29-17-15(22)9-11(10-16(17)23)8-14-18(26)24-20(28)25(19(14)27)13-5-3-12(21)4-6-13/h2-6,8-10H,1,7H2,(H,24,26,28)/b14-8-. The van der Waals surface area contributed by atoms with Crippen molar-refractivity contribution in [2.24, 2.45) is 0 Å². The summed E-state index contributed by atoms with van der Waals surface area (Å²) in [7, 11) is 0. The molecular weight excluding hydrogens is 666 g/mol. The number of carbonyl (C=O) groups is 3. The molecule has 1 aliphatic rings. The van der Waals surface area contributed by atoms with Crippen molar-refractivity contribution in [1.29, 1.82) is 0 Å². The second kappa shape index (κ2) is 9.39. The van der Waals surface area contributed by atoms with Gasteiger partial charge in [-0.15, -0.1) is 0 Å². The molecule has 1 heterocycles. The van der Waals surface area contributed by atoms with Crippen LogP contribution in [0.3, 0.4) is 0 Å². The van der Waals surface area contributed by atoms with E-state index in [1.54, 1.807) is 42.5 Å². The number of benzene rings is 2. The Hall–Kier alpha value is -1.73. The van der Waals surface area contributed by atoms with Crippen molar-refractivity contribution in [3.63, 3.8) is 0 Å². The number of ether oxygens (including phenoxy) is 1. The van der Waals surface area contributed by atoms with E-state index in [4.69, 9.17) is 4.74 Å². The number of carbonyl (C=O) groups excluding carboxylic acids is 3. The van der Waals surface area contributed by atoms with Gasteiger partial charge in [-0.05, 0) is 93.2 Å². The molecule has 6 nitrogen and oxygen atoms in total. The Morgan fingerprint density at radius 1 is 1.10 bits per heavy atom. The van der Waals surface area contributed by atoms with Gasteiger partial charge in [-0.3, -0.25) is 14.9 Å². The highest BCUT2D eigenvalue weighted by Crippen LogP contribution is 2.30. The van der Waals surface area contributed by atoms with E-state index in [2.05, 4.69) is 73.0 Å². The van der Waals surface area contributed by atoms with Crippen molar-refractivity contribution in [3.8, 4) is 5.75 Å². The summed E-state index contributed by atoms with van der Waals surface area (Å²) in [5, 5.41) is 2.22. The Bertz CT molecular complexity index is 1030. The molecule has 2 aromatic carbocycles. The zero-order chi connectivity index (χ0) is 21.1. The van der Waals surface area contributed by atoms with Crippen LogP contribution in [0.2, 0.25) is 0 Å². The summed E-state index contributed by atoms with van der Waals surface area (Å²) >= 11 is 7.57. The number of halogens is 3. The molecule has 1 N–H and O–H groups in total. The second-order valence-corrected chi connectivity index (χ2v) is 9.09. The van der Waals surface area contributed by atoms with Gasteiger partial charge in [0.1, 0.15) is 17.9 Å². The first-order valence-electron chi connectivity index (χ1n) is 8.21. The lowest BCUT2D eigenvalue weighted by Gasteiger charge is -2.26. The lowest BCUT2D eigenvalue weighted by Crippen LogP contribution is -2.54. The molecule has 148 valence electrons. The average Bonchev–Trinajstić information content (AvgIpc) is 2.66. The predicted molar refractivity (Wildman–Crippen MR) is 131 cm³/mol. The molecule has 0 radical (unpaired) electrons. The van der Waals surface area contributed by atoms with Gasteiger partial charge in [-0.2, -0.15) is 0 Å². The average molecular weight is 679 g/mol. The summed E-state index contributed by atoms with van der Waals surface area (Å²) in [5.74, 6) is -0.706. The molecule has 0 unspecified atom stereocenters. The lowest BCUT2D eigenvalue weighted by molar-refractivity contribution is -0.122. The van der Waals surface area contributed by atoms with Crippen LogP contribution in [0.5, 0.6) is 5.75 Å². The molecule has 4 amide bonds. The second-order valence-electron chi connectivity index (χ2n) is 5.85. The number of rotatable bonds is 5. The largest absolute Gasteiger partial charge is 0.487 e. The lowest BCUT2D eigenvalue weighted by atomic mass is 10.1. The van der Waals surface area contributed by atoms with Crippen molar-refractivity contribution in [1.82, 2.24) is 5.32 Å². The van der Waals surface area contributed by atoms with Crippen LogP contribution in [0.4, 0.5) is 10.5 Å². The van der Waals surface area contributed by atoms with Gasteiger partial charge in [-0.1, -0.05) is 28.6 Å². The molecule has 0 aromatic heterocycles. The van der Waals surface area contributed by atoms with E-state index in [9.17, 15) is 14.4 Å². The fraction of sp³-hybridized carbons (Fsp3) is 0.0500. The zero-order valence-corrected chi connectivity index (χ0v) is 20.6. The molecule has 0 saturated carbocycles. The summed E-state index contributed by atoms with van der Waals surface area (Å²) in [6.45, 7) is 4.01. The van der Waals surface area contributed by atoms with Crippen LogP contribution in [0.25, 0.3) is 6.08 Å². The molecule has 9 heteroatoms. The molecule has 1 saturated heterocycles.